The topological polar surface area (TPSA) is 103 Å². The number of fused-ring (bicyclic) bond motifs is 3. The third kappa shape index (κ3) is 5.03. The lowest BCUT2D eigenvalue weighted by molar-refractivity contribution is -0.384. The molecule has 2 atom stereocenters. The second-order valence-corrected chi connectivity index (χ2v) is 9.92. The molecule has 3 aromatic rings. The average Bonchev–Trinajstić information content (AvgIpc) is 3.22. The van der Waals surface area contributed by atoms with E-state index in [1.54, 1.807) is 12.1 Å². The van der Waals surface area contributed by atoms with Gasteiger partial charge in [-0.15, -0.1) is 0 Å². The number of para-hydroxylation sites is 1. The second kappa shape index (κ2) is 10.2. The first-order chi connectivity index (χ1) is 17.4. The van der Waals surface area contributed by atoms with Crippen molar-refractivity contribution < 1.29 is 14.5 Å². The van der Waals surface area contributed by atoms with Crippen LogP contribution in [0.1, 0.15) is 42.7 Å². The molecule has 9 heteroatoms. The van der Waals surface area contributed by atoms with Gasteiger partial charge in [-0.25, -0.2) is 0 Å². The van der Waals surface area contributed by atoms with E-state index in [9.17, 15) is 14.9 Å². The minimum Gasteiger partial charge on any atom is -0.378 e. The summed E-state index contributed by atoms with van der Waals surface area (Å²) in [7, 11) is 0. The van der Waals surface area contributed by atoms with Crippen molar-refractivity contribution in [2.45, 2.75) is 57.9 Å². The van der Waals surface area contributed by atoms with Gasteiger partial charge in [0.25, 0.3) is 11.6 Å². The highest BCUT2D eigenvalue weighted by molar-refractivity contribution is 6.05. The van der Waals surface area contributed by atoms with Crippen LogP contribution in [0.2, 0.25) is 0 Å². The molecule has 2 saturated heterocycles. The number of allylic oxidation sites excluding steroid dienone is 2. The smallest absolute Gasteiger partial charge is 0.272 e. The Bertz CT molecular complexity index is 1300. The summed E-state index contributed by atoms with van der Waals surface area (Å²) in [5.41, 5.74) is 3.61. The van der Waals surface area contributed by atoms with Crippen molar-refractivity contribution in [2.24, 2.45) is 0 Å². The molecule has 0 spiro atoms. The molecule has 2 fully saturated rings. The molecule has 2 bridgehead atoms. The molecule has 0 saturated carbocycles. The molecule has 1 N–H and O–H groups in total. The molecule has 1 aromatic heterocycles. The van der Waals surface area contributed by atoms with Crippen molar-refractivity contribution in [3.63, 3.8) is 0 Å². The van der Waals surface area contributed by atoms with Crippen LogP contribution >= 0.6 is 0 Å². The van der Waals surface area contributed by atoms with Gasteiger partial charge >= 0.3 is 0 Å². The van der Waals surface area contributed by atoms with Crippen LogP contribution in [0.5, 0.6) is 0 Å². The largest absolute Gasteiger partial charge is 0.378 e. The van der Waals surface area contributed by atoms with Gasteiger partial charge < -0.3 is 10.1 Å². The Morgan fingerprint density at radius 2 is 1.92 bits per heavy atom. The molecule has 2 aliphatic rings. The number of non-ortho nitro benzene ring substituents is 1. The fourth-order valence-corrected chi connectivity index (χ4v) is 5.30. The number of morpholine rings is 1. The predicted molar refractivity (Wildman–Crippen MR) is 137 cm³/mol. The van der Waals surface area contributed by atoms with Crippen molar-refractivity contribution in [1.82, 2.24) is 20.0 Å². The van der Waals surface area contributed by atoms with Crippen LogP contribution < -0.4 is 5.32 Å². The van der Waals surface area contributed by atoms with E-state index in [4.69, 9.17) is 4.74 Å². The lowest BCUT2D eigenvalue weighted by atomic mass is 9.89. The first-order valence-electron chi connectivity index (χ1n) is 12.4. The Hall–Kier alpha value is -3.56. The fourth-order valence-electron chi connectivity index (χ4n) is 5.30. The van der Waals surface area contributed by atoms with E-state index in [1.807, 2.05) is 48.9 Å². The Balaban J connectivity index is 1.30. The number of hydrogen-bond acceptors (Lipinski definition) is 6. The number of hydrogen-bond donors (Lipinski definition) is 1. The van der Waals surface area contributed by atoms with Gasteiger partial charge in [0.15, 0.2) is 5.69 Å². The summed E-state index contributed by atoms with van der Waals surface area (Å²) in [6.45, 7) is 6.50. The van der Waals surface area contributed by atoms with Crippen LogP contribution in [0.4, 0.5) is 5.69 Å². The Morgan fingerprint density at radius 1 is 1.17 bits per heavy atom. The number of nitrogens with zero attached hydrogens (tertiary/aromatic N) is 4. The van der Waals surface area contributed by atoms with Gasteiger partial charge in [-0.05, 0) is 38.3 Å². The maximum Gasteiger partial charge on any atom is 0.272 e. The summed E-state index contributed by atoms with van der Waals surface area (Å²) in [4.78, 5) is 26.5. The summed E-state index contributed by atoms with van der Waals surface area (Å²) in [6, 6.07) is 14.9. The minimum absolute atomic E-state index is 0.0134. The Labute approximate surface area is 209 Å². The highest BCUT2D eigenvalue weighted by atomic mass is 16.6. The zero-order valence-corrected chi connectivity index (χ0v) is 20.6. The molecule has 5 rings (SSSR count). The summed E-state index contributed by atoms with van der Waals surface area (Å²) in [5.74, 6) is -0.154. The van der Waals surface area contributed by atoms with Crippen LogP contribution in [0.25, 0.3) is 10.9 Å². The van der Waals surface area contributed by atoms with Crippen molar-refractivity contribution in [3.05, 3.63) is 81.6 Å². The standard InChI is InChI=1S/C27H31N5O4/c1-18(2)10-11-31-25-9-4-3-8-24(25)26(29-31)27(33)28-20-13-22-16-36-17-23(14-20)30(22)15-19-6-5-7-21(12-19)32(34)35/h3-10,12,20,22-23H,11,13-17H2,1-2H3,(H,28,33). The summed E-state index contributed by atoms with van der Waals surface area (Å²) in [6.07, 6.45) is 3.61. The number of ether oxygens (including phenoxy) is 1. The van der Waals surface area contributed by atoms with Gasteiger partial charge in [-0.1, -0.05) is 42.0 Å². The molecule has 2 aromatic carbocycles. The molecular formula is C27H31N5O4. The number of rotatable bonds is 7. The molecule has 36 heavy (non-hydrogen) atoms. The van der Waals surface area contributed by atoms with Gasteiger partial charge in [0.2, 0.25) is 0 Å². The van der Waals surface area contributed by atoms with Gasteiger partial charge in [-0.2, -0.15) is 5.10 Å². The van der Waals surface area contributed by atoms with E-state index in [1.165, 1.54) is 11.6 Å². The van der Waals surface area contributed by atoms with Crippen molar-refractivity contribution >= 4 is 22.5 Å². The van der Waals surface area contributed by atoms with E-state index < -0.39 is 0 Å². The first kappa shape index (κ1) is 24.1. The van der Waals surface area contributed by atoms with Crippen LogP contribution in [0, 0.1) is 10.1 Å². The lowest BCUT2D eigenvalue weighted by Crippen LogP contribution is -2.60. The number of nitro groups is 1. The monoisotopic (exact) mass is 489 g/mol. The Kier molecular flexibility index (Phi) is 6.84. The van der Waals surface area contributed by atoms with E-state index in [0.717, 1.165) is 29.3 Å². The summed E-state index contributed by atoms with van der Waals surface area (Å²) < 4.78 is 7.70. The number of carbonyl (C=O) groups excluding carboxylic acids is 1. The van der Waals surface area contributed by atoms with E-state index in [2.05, 4.69) is 21.4 Å². The predicted octanol–water partition coefficient (Wildman–Crippen LogP) is 4.07. The number of aromatic nitrogens is 2. The molecule has 1 amide bonds. The minimum atomic E-state index is -0.361. The van der Waals surface area contributed by atoms with Crippen LogP contribution in [0.3, 0.4) is 0 Å². The SMILES string of the molecule is CC(C)=CCn1nc(C(=O)NC2CC3COCC(C2)N3Cc2cccc([N+](=O)[O-])c2)c2ccccc21. The van der Waals surface area contributed by atoms with Crippen molar-refractivity contribution in [1.29, 1.82) is 0 Å². The van der Waals surface area contributed by atoms with Crippen LogP contribution in [-0.4, -0.2) is 56.9 Å². The highest BCUT2D eigenvalue weighted by Crippen LogP contribution is 2.30. The van der Waals surface area contributed by atoms with Gasteiger partial charge in [0.05, 0.1) is 30.2 Å². The first-order valence-corrected chi connectivity index (χ1v) is 12.4. The number of benzene rings is 2. The molecule has 2 aliphatic heterocycles. The molecule has 2 unspecified atom stereocenters. The maximum absolute atomic E-state index is 13.4. The summed E-state index contributed by atoms with van der Waals surface area (Å²) >= 11 is 0. The van der Waals surface area contributed by atoms with E-state index in [-0.39, 0.29) is 34.6 Å². The third-order valence-corrected chi connectivity index (χ3v) is 7.04. The maximum atomic E-state index is 13.4. The van der Waals surface area contributed by atoms with Crippen molar-refractivity contribution in [3.8, 4) is 0 Å². The van der Waals surface area contributed by atoms with Gasteiger partial charge in [-0.3, -0.25) is 24.5 Å². The molecular weight excluding hydrogens is 458 g/mol. The molecule has 0 radical (unpaired) electrons. The van der Waals surface area contributed by atoms with Gasteiger partial charge in [0.1, 0.15) is 0 Å². The zero-order chi connectivity index (χ0) is 25.2. The normalized spacial score (nSPS) is 21.8. The number of nitrogens with one attached hydrogen (secondary N) is 1. The molecule has 188 valence electrons. The van der Waals surface area contributed by atoms with Crippen molar-refractivity contribution in [2.75, 3.05) is 13.2 Å². The van der Waals surface area contributed by atoms with E-state index >= 15 is 0 Å². The molecule has 3 heterocycles. The number of piperidine rings is 1. The number of nitro benzene ring substituents is 1. The van der Waals surface area contributed by atoms with E-state index in [0.29, 0.717) is 32.0 Å². The van der Waals surface area contributed by atoms with Gasteiger partial charge in [0, 0.05) is 42.2 Å². The number of carbonyl (C=O) groups is 1. The van der Waals surface area contributed by atoms with Crippen LogP contribution in [0.15, 0.2) is 60.2 Å². The highest BCUT2D eigenvalue weighted by Gasteiger charge is 2.39. The van der Waals surface area contributed by atoms with Crippen LogP contribution in [-0.2, 0) is 17.8 Å². The third-order valence-electron chi connectivity index (χ3n) is 7.04. The second-order valence-electron chi connectivity index (χ2n) is 9.92. The molecule has 0 aliphatic carbocycles. The lowest BCUT2D eigenvalue weighted by Gasteiger charge is -2.48. The average molecular weight is 490 g/mol. The fraction of sp³-hybridized carbons (Fsp3) is 0.407. The molecule has 9 nitrogen and oxygen atoms in total. The number of amides is 1. The summed E-state index contributed by atoms with van der Waals surface area (Å²) in [5, 5.41) is 19.9. The zero-order valence-electron chi connectivity index (χ0n) is 20.6. The quantitative estimate of drug-likeness (QED) is 0.305. The Morgan fingerprint density at radius 3 is 2.64 bits per heavy atom.